The van der Waals surface area contributed by atoms with Gasteiger partial charge in [0.2, 0.25) is 0 Å². The highest BCUT2D eigenvalue weighted by atomic mass is 16.6. The first kappa shape index (κ1) is 11.5. The Morgan fingerprint density at radius 1 is 1.33 bits per heavy atom. The van der Waals surface area contributed by atoms with Crippen molar-refractivity contribution in [3.05, 3.63) is 24.3 Å². The Labute approximate surface area is 106 Å². The number of hydrogen-bond donors (Lipinski definition) is 1. The van der Waals surface area contributed by atoms with Crippen molar-refractivity contribution >= 4 is 11.1 Å². The molecule has 0 amide bonds. The van der Waals surface area contributed by atoms with Gasteiger partial charge in [0.1, 0.15) is 5.52 Å². The largest absolute Gasteiger partial charge is 0.450 e. The van der Waals surface area contributed by atoms with E-state index in [0.29, 0.717) is 18.7 Å². The second-order valence-corrected chi connectivity index (χ2v) is 4.73. The van der Waals surface area contributed by atoms with Crippen LogP contribution in [0.2, 0.25) is 0 Å². The van der Waals surface area contributed by atoms with E-state index < -0.39 is 0 Å². The number of piperidine rings is 1. The fraction of sp³-hybridized carbons (Fsp3) is 0.500. The van der Waals surface area contributed by atoms with Crippen LogP contribution in [0.25, 0.3) is 11.1 Å². The van der Waals surface area contributed by atoms with E-state index in [1.54, 1.807) is 0 Å². The highest BCUT2D eigenvalue weighted by Gasteiger charge is 2.13. The third-order valence-electron chi connectivity index (χ3n) is 3.38. The summed E-state index contributed by atoms with van der Waals surface area (Å²) in [5, 5.41) is 3.50. The molecule has 1 unspecified atom stereocenters. The van der Waals surface area contributed by atoms with Gasteiger partial charge in [0.25, 0.3) is 0 Å². The molecule has 1 aliphatic rings. The zero-order valence-corrected chi connectivity index (χ0v) is 10.4. The molecule has 96 valence electrons. The average Bonchev–Trinajstić information content (AvgIpc) is 2.82. The van der Waals surface area contributed by atoms with Crippen LogP contribution >= 0.6 is 0 Å². The molecule has 0 aliphatic carbocycles. The lowest BCUT2D eigenvalue weighted by atomic mass is 10.0. The van der Waals surface area contributed by atoms with Crippen molar-refractivity contribution in [2.75, 3.05) is 13.2 Å². The van der Waals surface area contributed by atoms with E-state index in [0.717, 1.165) is 24.1 Å². The Morgan fingerprint density at radius 2 is 2.28 bits per heavy atom. The molecule has 1 atom stereocenters. The second-order valence-electron chi connectivity index (χ2n) is 4.73. The van der Waals surface area contributed by atoms with Crippen LogP contribution < -0.4 is 10.1 Å². The molecular formula is C14H18N2O2. The topological polar surface area (TPSA) is 47.3 Å². The number of benzene rings is 1. The Bertz CT molecular complexity index is 470. The predicted octanol–water partition coefficient (Wildman–Crippen LogP) is 2.74. The number of fused-ring (bicyclic) bond motifs is 1. The van der Waals surface area contributed by atoms with Crippen molar-refractivity contribution in [2.24, 2.45) is 0 Å². The van der Waals surface area contributed by atoms with Gasteiger partial charge in [0, 0.05) is 6.04 Å². The molecule has 1 aliphatic heterocycles. The van der Waals surface area contributed by atoms with Gasteiger partial charge in [-0.2, -0.15) is 4.98 Å². The fourth-order valence-corrected chi connectivity index (χ4v) is 2.37. The number of oxazole rings is 1. The standard InChI is InChI=1S/C14H18N2O2/c1-2-7-13-12(6-1)16-14(18-13)17-10-8-11-5-3-4-9-15-11/h1-2,6-7,11,15H,3-5,8-10H2. The number of ether oxygens (including phenoxy) is 1. The highest BCUT2D eigenvalue weighted by molar-refractivity contribution is 5.72. The minimum Gasteiger partial charge on any atom is -0.450 e. The second kappa shape index (κ2) is 5.40. The van der Waals surface area contributed by atoms with E-state index in [4.69, 9.17) is 9.15 Å². The van der Waals surface area contributed by atoms with Gasteiger partial charge in [-0.3, -0.25) is 0 Å². The van der Waals surface area contributed by atoms with Crippen LogP contribution in [-0.2, 0) is 0 Å². The van der Waals surface area contributed by atoms with E-state index in [1.165, 1.54) is 19.3 Å². The molecule has 1 N–H and O–H groups in total. The molecule has 1 saturated heterocycles. The normalized spacial score (nSPS) is 20.1. The molecule has 0 bridgehead atoms. The molecule has 2 aromatic rings. The molecule has 18 heavy (non-hydrogen) atoms. The Hall–Kier alpha value is -1.55. The zero-order chi connectivity index (χ0) is 12.2. The van der Waals surface area contributed by atoms with Gasteiger partial charge >= 0.3 is 6.08 Å². The molecule has 4 heteroatoms. The monoisotopic (exact) mass is 246 g/mol. The van der Waals surface area contributed by atoms with Gasteiger partial charge in [-0.15, -0.1) is 0 Å². The molecule has 3 rings (SSSR count). The first-order valence-electron chi connectivity index (χ1n) is 6.63. The molecule has 1 fully saturated rings. The Balaban J connectivity index is 1.53. The summed E-state index contributed by atoms with van der Waals surface area (Å²) in [6.07, 6.45) is 5.26. The molecule has 2 heterocycles. The minimum absolute atomic E-state index is 0.381. The van der Waals surface area contributed by atoms with Crippen LogP contribution in [0, 0.1) is 0 Å². The van der Waals surface area contributed by atoms with Gasteiger partial charge in [0.15, 0.2) is 5.58 Å². The summed E-state index contributed by atoms with van der Waals surface area (Å²) >= 11 is 0. The van der Waals surface area contributed by atoms with E-state index in [2.05, 4.69) is 10.3 Å². The van der Waals surface area contributed by atoms with Gasteiger partial charge < -0.3 is 14.5 Å². The first-order chi connectivity index (χ1) is 8.92. The van der Waals surface area contributed by atoms with Crippen LogP contribution in [0.5, 0.6) is 6.08 Å². The molecule has 0 spiro atoms. The molecule has 0 saturated carbocycles. The third-order valence-corrected chi connectivity index (χ3v) is 3.38. The number of para-hydroxylation sites is 2. The smallest absolute Gasteiger partial charge is 0.394 e. The summed E-state index contributed by atoms with van der Waals surface area (Å²) in [5.41, 5.74) is 1.63. The van der Waals surface area contributed by atoms with E-state index in [1.807, 2.05) is 24.3 Å². The molecular weight excluding hydrogens is 228 g/mol. The number of nitrogens with zero attached hydrogens (tertiary/aromatic N) is 1. The predicted molar refractivity (Wildman–Crippen MR) is 69.8 cm³/mol. The highest BCUT2D eigenvalue weighted by Crippen LogP contribution is 2.20. The van der Waals surface area contributed by atoms with Crippen LogP contribution in [0.3, 0.4) is 0 Å². The lowest BCUT2D eigenvalue weighted by Crippen LogP contribution is -2.35. The van der Waals surface area contributed by atoms with E-state index >= 15 is 0 Å². The van der Waals surface area contributed by atoms with E-state index in [9.17, 15) is 0 Å². The zero-order valence-electron chi connectivity index (χ0n) is 10.4. The SMILES string of the molecule is c1ccc2oc(OCCC3CCCCN3)nc2c1. The Morgan fingerprint density at radius 3 is 3.11 bits per heavy atom. The minimum atomic E-state index is 0.381. The van der Waals surface area contributed by atoms with Crippen molar-refractivity contribution in [3.8, 4) is 6.08 Å². The summed E-state index contributed by atoms with van der Waals surface area (Å²) in [7, 11) is 0. The number of rotatable bonds is 4. The summed E-state index contributed by atoms with van der Waals surface area (Å²) < 4.78 is 11.1. The maximum Gasteiger partial charge on any atom is 0.394 e. The van der Waals surface area contributed by atoms with Gasteiger partial charge in [0.05, 0.1) is 6.61 Å². The maximum absolute atomic E-state index is 5.58. The maximum atomic E-state index is 5.58. The summed E-state index contributed by atoms with van der Waals surface area (Å²) in [6.45, 7) is 1.79. The first-order valence-corrected chi connectivity index (χ1v) is 6.63. The van der Waals surface area contributed by atoms with Crippen molar-refractivity contribution in [3.63, 3.8) is 0 Å². The van der Waals surface area contributed by atoms with Crippen molar-refractivity contribution in [1.29, 1.82) is 0 Å². The van der Waals surface area contributed by atoms with Gasteiger partial charge in [-0.1, -0.05) is 18.6 Å². The van der Waals surface area contributed by atoms with Crippen LogP contribution in [0.15, 0.2) is 28.7 Å². The number of aromatic nitrogens is 1. The number of nitrogens with one attached hydrogen (secondary N) is 1. The van der Waals surface area contributed by atoms with Crippen molar-refractivity contribution in [1.82, 2.24) is 10.3 Å². The van der Waals surface area contributed by atoms with Crippen LogP contribution in [0.4, 0.5) is 0 Å². The van der Waals surface area contributed by atoms with Crippen molar-refractivity contribution < 1.29 is 9.15 Å². The van der Waals surface area contributed by atoms with Crippen molar-refractivity contribution in [2.45, 2.75) is 31.7 Å². The van der Waals surface area contributed by atoms with Crippen LogP contribution in [-0.4, -0.2) is 24.2 Å². The molecule has 1 aromatic carbocycles. The third kappa shape index (κ3) is 2.64. The molecule has 1 aromatic heterocycles. The quantitative estimate of drug-likeness (QED) is 0.901. The fourth-order valence-electron chi connectivity index (χ4n) is 2.37. The number of hydrogen-bond acceptors (Lipinski definition) is 4. The summed E-state index contributed by atoms with van der Waals surface area (Å²) in [6, 6.07) is 8.29. The lowest BCUT2D eigenvalue weighted by Gasteiger charge is -2.22. The van der Waals surface area contributed by atoms with Gasteiger partial charge in [-0.05, 0) is 37.9 Å². The summed E-state index contributed by atoms with van der Waals surface area (Å²) in [4.78, 5) is 4.29. The Kier molecular flexibility index (Phi) is 3.46. The average molecular weight is 246 g/mol. The molecule has 0 radical (unpaired) electrons. The van der Waals surface area contributed by atoms with Gasteiger partial charge in [-0.25, -0.2) is 0 Å². The summed E-state index contributed by atoms with van der Waals surface area (Å²) in [5.74, 6) is 0. The molecule has 4 nitrogen and oxygen atoms in total. The van der Waals surface area contributed by atoms with Crippen LogP contribution in [0.1, 0.15) is 25.7 Å². The lowest BCUT2D eigenvalue weighted by molar-refractivity contribution is 0.213. The van der Waals surface area contributed by atoms with E-state index in [-0.39, 0.29) is 0 Å².